The number of carboxylic acids is 1. The highest BCUT2D eigenvalue weighted by Gasteiger charge is 2.03. The van der Waals surface area contributed by atoms with E-state index in [0.717, 1.165) is 0 Å². The second kappa shape index (κ2) is 5.03. The first kappa shape index (κ1) is 10.3. The summed E-state index contributed by atoms with van der Waals surface area (Å²) in [5.41, 5.74) is 1.19. The Hall–Kier alpha value is -1.82. The summed E-state index contributed by atoms with van der Waals surface area (Å²) in [6, 6.07) is 6.84. The van der Waals surface area contributed by atoms with E-state index in [2.05, 4.69) is 11.8 Å². The maximum Gasteiger partial charge on any atom is 0.307 e. The van der Waals surface area contributed by atoms with E-state index in [0.29, 0.717) is 11.1 Å². The highest BCUT2D eigenvalue weighted by Crippen LogP contribution is 2.07. The Morgan fingerprint density at radius 1 is 1.43 bits per heavy atom. The Morgan fingerprint density at radius 2 is 2.14 bits per heavy atom. The third-order valence-corrected chi connectivity index (χ3v) is 1.65. The zero-order valence-electron chi connectivity index (χ0n) is 7.46. The van der Waals surface area contributed by atoms with Gasteiger partial charge < -0.3 is 5.11 Å². The van der Waals surface area contributed by atoms with Crippen LogP contribution in [0, 0.1) is 11.8 Å². The summed E-state index contributed by atoms with van der Waals surface area (Å²) in [5, 5.41) is 8.59. The summed E-state index contributed by atoms with van der Waals surface area (Å²) >= 11 is 0. The van der Waals surface area contributed by atoms with Crippen LogP contribution in [0.25, 0.3) is 0 Å². The van der Waals surface area contributed by atoms with E-state index < -0.39 is 12.6 Å². The first-order chi connectivity index (χ1) is 6.74. The minimum Gasteiger partial charge on any atom is -0.481 e. The molecular weight excluding hydrogens is 183 g/mol. The largest absolute Gasteiger partial charge is 0.481 e. The number of rotatable bonds is 2. The van der Waals surface area contributed by atoms with Crippen molar-refractivity contribution in [2.75, 3.05) is 6.67 Å². The minimum atomic E-state index is -0.917. The van der Waals surface area contributed by atoms with Crippen molar-refractivity contribution in [1.82, 2.24) is 0 Å². The molecule has 3 heteroatoms. The van der Waals surface area contributed by atoms with Crippen LogP contribution in [0.5, 0.6) is 0 Å². The Labute approximate surface area is 81.4 Å². The molecule has 0 unspecified atom stereocenters. The summed E-state index contributed by atoms with van der Waals surface area (Å²) in [6.45, 7) is -0.721. The van der Waals surface area contributed by atoms with Crippen molar-refractivity contribution in [2.24, 2.45) is 0 Å². The van der Waals surface area contributed by atoms with Crippen molar-refractivity contribution in [3.8, 4) is 11.8 Å². The molecule has 0 heterocycles. The van der Waals surface area contributed by atoms with E-state index in [-0.39, 0.29) is 6.42 Å². The Kier molecular flexibility index (Phi) is 3.69. The lowest BCUT2D eigenvalue weighted by atomic mass is 10.1. The summed E-state index contributed by atoms with van der Waals surface area (Å²) in [5.74, 6) is 3.93. The summed E-state index contributed by atoms with van der Waals surface area (Å²) in [7, 11) is 0. The predicted octanol–water partition coefficient (Wildman–Crippen LogP) is 1.63. The second-order valence-corrected chi connectivity index (χ2v) is 2.66. The van der Waals surface area contributed by atoms with Gasteiger partial charge in [0.2, 0.25) is 0 Å². The maximum absolute atomic E-state index is 11.8. The lowest BCUT2D eigenvalue weighted by molar-refractivity contribution is -0.136. The molecule has 14 heavy (non-hydrogen) atoms. The van der Waals surface area contributed by atoms with Gasteiger partial charge in [0, 0.05) is 5.56 Å². The average molecular weight is 192 g/mol. The van der Waals surface area contributed by atoms with Gasteiger partial charge in [-0.1, -0.05) is 30.0 Å². The molecule has 0 aliphatic carbocycles. The van der Waals surface area contributed by atoms with Crippen LogP contribution in [0.3, 0.4) is 0 Å². The Balaban J connectivity index is 2.96. The third kappa shape index (κ3) is 2.91. The van der Waals surface area contributed by atoms with Gasteiger partial charge in [-0.15, -0.1) is 0 Å². The van der Waals surface area contributed by atoms with Crippen molar-refractivity contribution in [1.29, 1.82) is 0 Å². The lowest BCUT2D eigenvalue weighted by Gasteiger charge is -1.99. The van der Waals surface area contributed by atoms with E-state index in [1.165, 1.54) is 0 Å². The van der Waals surface area contributed by atoms with E-state index in [1.54, 1.807) is 24.3 Å². The molecule has 1 N–H and O–H groups in total. The van der Waals surface area contributed by atoms with E-state index >= 15 is 0 Å². The number of benzene rings is 1. The van der Waals surface area contributed by atoms with Crippen LogP contribution >= 0.6 is 0 Å². The molecule has 0 saturated heterocycles. The fraction of sp³-hybridized carbons (Fsp3) is 0.182. The fourth-order valence-electron chi connectivity index (χ4n) is 1.09. The van der Waals surface area contributed by atoms with Gasteiger partial charge >= 0.3 is 5.97 Å². The normalized spacial score (nSPS) is 8.93. The van der Waals surface area contributed by atoms with Crippen LogP contribution in [0.1, 0.15) is 11.1 Å². The molecule has 1 aromatic carbocycles. The summed E-state index contributed by atoms with van der Waals surface area (Å²) in [4.78, 5) is 10.5. The quantitative estimate of drug-likeness (QED) is 0.723. The highest BCUT2D eigenvalue weighted by atomic mass is 19.1. The van der Waals surface area contributed by atoms with E-state index in [4.69, 9.17) is 5.11 Å². The van der Waals surface area contributed by atoms with Gasteiger partial charge in [-0.2, -0.15) is 0 Å². The number of hydrogen-bond acceptors (Lipinski definition) is 1. The van der Waals surface area contributed by atoms with Gasteiger partial charge in [-0.05, 0) is 11.6 Å². The predicted molar refractivity (Wildman–Crippen MR) is 50.6 cm³/mol. The number of carbonyl (C=O) groups is 1. The number of halogens is 1. The molecule has 0 fully saturated rings. The zero-order valence-corrected chi connectivity index (χ0v) is 7.46. The van der Waals surface area contributed by atoms with Gasteiger partial charge in [0.15, 0.2) is 6.67 Å². The van der Waals surface area contributed by atoms with Gasteiger partial charge in [0.25, 0.3) is 0 Å². The molecule has 0 aromatic heterocycles. The standard InChI is InChI=1S/C11H9FO2/c12-7-3-6-9-4-1-2-5-10(9)8-11(13)14/h1-2,4-5H,7-8H2,(H,13,14). The van der Waals surface area contributed by atoms with Crippen molar-refractivity contribution < 1.29 is 14.3 Å². The highest BCUT2D eigenvalue weighted by molar-refractivity contribution is 5.71. The first-order valence-corrected chi connectivity index (χ1v) is 4.08. The summed E-state index contributed by atoms with van der Waals surface area (Å²) in [6.07, 6.45) is -0.0862. The monoisotopic (exact) mass is 192 g/mol. The number of aliphatic carboxylic acids is 1. The molecule has 72 valence electrons. The van der Waals surface area contributed by atoms with Gasteiger partial charge in [-0.3, -0.25) is 4.79 Å². The average Bonchev–Trinajstić information content (AvgIpc) is 2.16. The molecule has 0 spiro atoms. The Morgan fingerprint density at radius 3 is 2.79 bits per heavy atom. The van der Waals surface area contributed by atoms with Crippen molar-refractivity contribution in [3.05, 3.63) is 35.4 Å². The zero-order chi connectivity index (χ0) is 10.4. The number of alkyl halides is 1. The van der Waals surface area contributed by atoms with Crippen LogP contribution < -0.4 is 0 Å². The van der Waals surface area contributed by atoms with Crippen molar-refractivity contribution in [3.63, 3.8) is 0 Å². The lowest BCUT2D eigenvalue weighted by Crippen LogP contribution is -2.01. The van der Waals surface area contributed by atoms with Crippen LogP contribution in [-0.4, -0.2) is 17.8 Å². The van der Waals surface area contributed by atoms with Crippen LogP contribution in [0.2, 0.25) is 0 Å². The number of carboxylic acid groups (broad SMARTS) is 1. The van der Waals surface area contributed by atoms with E-state index in [9.17, 15) is 9.18 Å². The Bertz CT molecular complexity index is 388. The molecule has 0 atom stereocenters. The topological polar surface area (TPSA) is 37.3 Å². The van der Waals surface area contributed by atoms with Gasteiger partial charge in [0.1, 0.15) is 0 Å². The molecule has 0 aliphatic rings. The van der Waals surface area contributed by atoms with Crippen LogP contribution in [-0.2, 0) is 11.2 Å². The molecule has 0 amide bonds. The van der Waals surface area contributed by atoms with Gasteiger partial charge in [0.05, 0.1) is 6.42 Å². The molecule has 0 radical (unpaired) electrons. The van der Waals surface area contributed by atoms with Gasteiger partial charge in [-0.25, -0.2) is 4.39 Å². The molecule has 2 nitrogen and oxygen atoms in total. The smallest absolute Gasteiger partial charge is 0.307 e. The SMILES string of the molecule is O=C(O)Cc1ccccc1C#CCF. The fourth-order valence-corrected chi connectivity index (χ4v) is 1.09. The van der Waals surface area contributed by atoms with Crippen molar-refractivity contribution in [2.45, 2.75) is 6.42 Å². The third-order valence-electron chi connectivity index (χ3n) is 1.65. The summed E-state index contributed by atoms with van der Waals surface area (Å²) < 4.78 is 11.8. The number of hydrogen-bond donors (Lipinski definition) is 1. The molecule has 0 aliphatic heterocycles. The first-order valence-electron chi connectivity index (χ1n) is 4.08. The molecule has 1 rings (SSSR count). The van der Waals surface area contributed by atoms with Crippen molar-refractivity contribution >= 4 is 5.97 Å². The molecule has 1 aromatic rings. The van der Waals surface area contributed by atoms with Crippen LogP contribution in [0.4, 0.5) is 4.39 Å². The molecule has 0 saturated carbocycles. The maximum atomic E-state index is 11.8. The molecular formula is C11H9FO2. The minimum absolute atomic E-state index is 0.0862. The van der Waals surface area contributed by atoms with Crippen LogP contribution in [0.15, 0.2) is 24.3 Å². The van der Waals surface area contributed by atoms with E-state index in [1.807, 2.05) is 0 Å². The molecule has 0 bridgehead atoms. The second-order valence-electron chi connectivity index (χ2n) is 2.66.